The lowest BCUT2D eigenvalue weighted by Gasteiger charge is -2.10. The predicted octanol–water partition coefficient (Wildman–Crippen LogP) is 3.97. The van der Waals surface area contributed by atoms with Crippen molar-refractivity contribution in [2.75, 3.05) is 18.5 Å². The van der Waals surface area contributed by atoms with E-state index in [1.165, 1.54) is 16.8 Å². The number of carbonyl (C=O) groups excluding carboxylic acids is 2. The van der Waals surface area contributed by atoms with Gasteiger partial charge in [-0.1, -0.05) is 18.2 Å². The van der Waals surface area contributed by atoms with Gasteiger partial charge in [-0.25, -0.2) is 4.39 Å². The third kappa shape index (κ3) is 4.24. The molecule has 0 saturated carbocycles. The molecule has 30 heavy (non-hydrogen) atoms. The number of hydrogen-bond acceptors (Lipinski definition) is 4. The second-order valence-electron chi connectivity index (χ2n) is 6.51. The van der Waals surface area contributed by atoms with Crippen LogP contribution in [0.2, 0.25) is 0 Å². The fourth-order valence-corrected chi connectivity index (χ4v) is 3.99. The van der Waals surface area contributed by atoms with Crippen LogP contribution in [0, 0.1) is 5.82 Å². The topological polar surface area (TPSA) is 85.2 Å². The molecule has 0 fully saturated rings. The number of fused-ring (bicyclic) bond motifs is 1. The number of benzene rings is 2. The summed E-state index contributed by atoms with van der Waals surface area (Å²) in [5.74, 6) is -0.411. The molecular weight excluding hydrogens is 523 g/mol. The molecule has 2 aromatic carbocycles. The molecule has 154 valence electrons. The summed E-state index contributed by atoms with van der Waals surface area (Å²) in [6.07, 6.45) is 1.65. The summed E-state index contributed by atoms with van der Waals surface area (Å²) in [7, 11) is 0. The minimum atomic E-state index is -0.451. The number of rotatable bonds is 4. The zero-order chi connectivity index (χ0) is 21.3. The first-order valence-electron chi connectivity index (χ1n) is 8.94. The molecule has 4 rings (SSSR count). The van der Waals surface area contributed by atoms with Crippen LogP contribution in [-0.2, 0) is 6.54 Å². The van der Waals surface area contributed by atoms with Crippen molar-refractivity contribution in [2.45, 2.75) is 6.54 Å². The highest BCUT2D eigenvalue weighted by Gasteiger charge is 2.22. The zero-order valence-corrected chi connectivity index (χ0v) is 18.6. The molecule has 0 saturated heterocycles. The van der Waals surface area contributed by atoms with E-state index in [1.54, 1.807) is 30.5 Å². The number of nitrogens with zero attached hydrogens (tertiary/aromatic N) is 2. The average Bonchev–Trinajstić information content (AvgIpc) is 2.93. The maximum absolute atomic E-state index is 13.9. The molecule has 0 unspecified atom stereocenters. The van der Waals surface area contributed by atoms with Crippen molar-refractivity contribution in [3.05, 3.63) is 74.0 Å². The Labute approximate surface area is 187 Å². The van der Waals surface area contributed by atoms with Gasteiger partial charge in [0.15, 0.2) is 5.82 Å². The minimum Gasteiger partial charge on any atom is -0.490 e. The van der Waals surface area contributed by atoms with E-state index in [9.17, 15) is 14.0 Å². The van der Waals surface area contributed by atoms with E-state index in [-0.39, 0.29) is 35.2 Å². The van der Waals surface area contributed by atoms with Crippen molar-refractivity contribution < 1.29 is 18.7 Å². The Hall–Kier alpha value is -2.72. The summed E-state index contributed by atoms with van der Waals surface area (Å²) < 4.78 is 22.0. The highest BCUT2D eigenvalue weighted by Crippen LogP contribution is 2.32. The number of carbonyl (C=O) groups is 2. The van der Waals surface area contributed by atoms with Gasteiger partial charge in [0.1, 0.15) is 18.2 Å². The highest BCUT2D eigenvalue weighted by atomic mass is 79.9. The van der Waals surface area contributed by atoms with Gasteiger partial charge in [-0.2, -0.15) is 5.10 Å². The minimum absolute atomic E-state index is 0.211. The molecule has 1 aliphatic heterocycles. The van der Waals surface area contributed by atoms with E-state index in [2.05, 4.69) is 47.6 Å². The van der Waals surface area contributed by atoms with Crippen LogP contribution in [0.25, 0.3) is 0 Å². The van der Waals surface area contributed by atoms with Crippen molar-refractivity contribution in [3.63, 3.8) is 0 Å². The number of aromatic nitrogens is 2. The molecule has 0 spiro atoms. The molecule has 1 aliphatic rings. The summed E-state index contributed by atoms with van der Waals surface area (Å²) in [5.41, 5.74) is 1.01. The summed E-state index contributed by atoms with van der Waals surface area (Å²) in [6.45, 7) is 0.937. The monoisotopic (exact) mass is 536 g/mol. The van der Waals surface area contributed by atoms with Crippen molar-refractivity contribution in [1.82, 2.24) is 15.1 Å². The molecule has 0 bridgehead atoms. The number of anilines is 1. The Balaban J connectivity index is 1.56. The molecule has 0 radical (unpaired) electrons. The van der Waals surface area contributed by atoms with E-state index >= 15 is 0 Å². The van der Waals surface area contributed by atoms with E-state index in [1.807, 2.05) is 0 Å². The molecule has 2 N–H and O–H groups in total. The zero-order valence-electron chi connectivity index (χ0n) is 15.4. The van der Waals surface area contributed by atoms with Gasteiger partial charge >= 0.3 is 0 Å². The largest absolute Gasteiger partial charge is 0.490 e. The van der Waals surface area contributed by atoms with E-state index < -0.39 is 5.91 Å². The third-order valence-electron chi connectivity index (χ3n) is 4.42. The van der Waals surface area contributed by atoms with Crippen molar-refractivity contribution in [1.29, 1.82) is 0 Å². The van der Waals surface area contributed by atoms with Crippen LogP contribution in [0.4, 0.5) is 10.2 Å². The molecule has 0 aliphatic carbocycles. The molecular formula is C20H15Br2FN4O3. The number of halogens is 3. The quantitative estimate of drug-likeness (QED) is 0.527. The van der Waals surface area contributed by atoms with E-state index in [0.29, 0.717) is 33.4 Å². The van der Waals surface area contributed by atoms with Gasteiger partial charge in [0, 0.05) is 17.3 Å². The lowest BCUT2D eigenvalue weighted by atomic mass is 10.1. The first-order chi connectivity index (χ1) is 14.4. The van der Waals surface area contributed by atoms with Crippen molar-refractivity contribution in [3.8, 4) is 5.75 Å². The molecule has 2 heterocycles. The SMILES string of the molecule is O=C(Nc1nn(Cc2ccccc2F)cc1Br)c1cc(Br)c2c(c1)C(=O)NCCO2. The number of hydrogen-bond donors (Lipinski definition) is 2. The Kier molecular flexibility index (Phi) is 5.87. The maximum Gasteiger partial charge on any atom is 0.256 e. The smallest absolute Gasteiger partial charge is 0.256 e. The molecule has 2 amide bonds. The Bertz CT molecular complexity index is 1150. The van der Waals surface area contributed by atoms with Gasteiger partial charge in [-0.15, -0.1) is 0 Å². The van der Waals surface area contributed by atoms with Crippen LogP contribution in [0.15, 0.2) is 51.5 Å². The first kappa shape index (κ1) is 20.5. The molecule has 10 heteroatoms. The van der Waals surface area contributed by atoms with E-state index in [0.717, 1.165) is 0 Å². The average molecular weight is 538 g/mol. The molecule has 3 aromatic rings. The molecule has 0 atom stereocenters. The summed E-state index contributed by atoms with van der Waals surface area (Å²) >= 11 is 6.72. The molecule has 1 aromatic heterocycles. The Morgan fingerprint density at radius 3 is 2.87 bits per heavy atom. The fraction of sp³-hybridized carbons (Fsp3) is 0.150. The van der Waals surface area contributed by atoms with Gasteiger partial charge in [-0.05, 0) is 50.1 Å². The maximum atomic E-state index is 13.9. The lowest BCUT2D eigenvalue weighted by molar-refractivity contribution is 0.0957. The van der Waals surface area contributed by atoms with Gasteiger partial charge in [0.05, 0.1) is 27.6 Å². The normalized spacial score (nSPS) is 13.1. The van der Waals surface area contributed by atoms with Crippen LogP contribution in [0.3, 0.4) is 0 Å². The van der Waals surface area contributed by atoms with Gasteiger partial charge in [0.25, 0.3) is 11.8 Å². The summed E-state index contributed by atoms with van der Waals surface area (Å²) in [5, 5.41) is 9.73. The van der Waals surface area contributed by atoms with Gasteiger partial charge < -0.3 is 15.4 Å². The summed E-state index contributed by atoms with van der Waals surface area (Å²) in [6, 6.07) is 9.47. The molecule has 7 nitrogen and oxygen atoms in total. The van der Waals surface area contributed by atoms with Crippen LogP contribution in [0.5, 0.6) is 5.75 Å². The van der Waals surface area contributed by atoms with Crippen molar-refractivity contribution >= 4 is 49.5 Å². The Morgan fingerprint density at radius 1 is 1.27 bits per heavy atom. The standard InChI is InChI=1S/C20H15Br2FN4O3/c21-14-8-12(7-13-17(14)30-6-5-24-20(13)29)19(28)25-18-15(22)10-27(26-18)9-11-3-1-2-4-16(11)23/h1-4,7-8,10H,5-6,9H2,(H,24,29)(H,25,26,28). The number of nitrogens with one attached hydrogen (secondary N) is 2. The van der Waals surface area contributed by atoms with Crippen LogP contribution >= 0.6 is 31.9 Å². The number of ether oxygens (including phenoxy) is 1. The second-order valence-corrected chi connectivity index (χ2v) is 8.22. The van der Waals surface area contributed by atoms with E-state index in [4.69, 9.17) is 4.74 Å². The van der Waals surface area contributed by atoms with Gasteiger partial charge in [-0.3, -0.25) is 14.3 Å². The highest BCUT2D eigenvalue weighted by molar-refractivity contribution is 9.11. The van der Waals surface area contributed by atoms with Crippen LogP contribution in [-0.4, -0.2) is 34.7 Å². The Morgan fingerprint density at radius 2 is 2.07 bits per heavy atom. The fourth-order valence-electron chi connectivity index (χ4n) is 3.00. The van der Waals surface area contributed by atoms with Crippen molar-refractivity contribution in [2.24, 2.45) is 0 Å². The summed E-state index contributed by atoms with van der Waals surface area (Å²) in [4.78, 5) is 25.0. The van der Waals surface area contributed by atoms with Gasteiger partial charge in [0.2, 0.25) is 0 Å². The second kappa shape index (κ2) is 8.57. The third-order valence-corrected chi connectivity index (χ3v) is 5.59. The van der Waals surface area contributed by atoms with Crippen LogP contribution in [0.1, 0.15) is 26.3 Å². The first-order valence-corrected chi connectivity index (χ1v) is 10.5. The lowest BCUT2D eigenvalue weighted by Crippen LogP contribution is -2.24. The predicted molar refractivity (Wildman–Crippen MR) is 115 cm³/mol. The number of amides is 2. The van der Waals surface area contributed by atoms with Crippen LogP contribution < -0.4 is 15.4 Å².